The second kappa shape index (κ2) is 6.24. The van der Waals surface area contributed by atoms with E-state index in [4.69, 9.17) is 9.47 Å². The van der Waals surface area contributed by atoms with Crippen molar-refractivity contribution in [3.63, 3.8) is 0 Å². The van der Waals surface area contributed by atoms with Crippen LogP contribution in [0.25, 0.3) is 0 Å². The van der Waals surface area contributed by atoms with Crippen LogP contribution in [0.15, 0.2) is 16.8 Å². The molecule has 0 bridgehead atoms. The maximum Gasteiger partial charge on any atom is 0.227 e. The lowest BCUT2D eigenvalue weighted by atomic mass is 9.99. The van der Waals surface area contributed by atoms with Gasteiger partial charge in [-0.3, -0.25) is 4.79 Å². The van der Waals surface area contributed by atoms with Gasteiger partial charge >= 0.3 is 0 Å². The van der Waals surface area contributed by atoms with Crippen LogP contribution in [0.4, 0.5) is 0 Å². The lowest BCUT2D eigenvalue weighted by molar-refractivity contribution is -0.137. The molecule has 3 atom stereocenters. The van der Waals surface area contributed by atoms with Gasteiger partial charge in [0.2, 0.25) is 5.91 Å². The van der Waals surface area contributed by atoms with Gasteiger partial charge in [0.05, 0.1) is 31.3 Å². The second-order valence-corrected chi connectivity index (χ2v) is 6.36. The normalized spacial score (nSPS) is 29.4. The Kier molecular flexibility index (Phi) is 4.38. The number of nitrogens with zero attached hydrogens (tertiary/aromatic N) is 1. The molecule has 3 heterocycles. The Morgan fingerprint density at radius 1 is 1.50 bits per heavy atom. The Morgan fingerprint density at radius 3 is 3.15 bits per heavy atom. The molecule has 3 rings (SSSR count). The van der Waals surface area contributed by atoms with Gasteiger partial charge < -0.3 is 14.4 Å². The lowest BCUT2D eigenvalue weighted by Gasteiger charge is -2.35. The van der Waals surface area contributed by atoms with E-state index < -0.39 is 0 Å². The SMILES string of the molecule is COC[C@H]1CC[C@H]2[C@H](CCN2C(=O)Cc2ccsc2)O1. The number of carbonyl (C=O) groups excluding carboxylic acids is 1. The third kappa shape index (κ3) is 2.90. The van der Waals surface area contributed by atoms with Gasteiger partial charge in [0.1, 0.15) is 0 Å². The summed E-state index contributed by atoms with van der Waals surface area (Å²) >= 11 is 1.64. The van der Waals surface area contributed by atoms with Crippen molar-refractivity contribution in [2.24, 2.45) is 0 Å². The molecule has 0 spiro atoms. The van der Waals surface area contributed by atoms with Gasteiger partial charge in [-0.15, -0.1) is 0 Å². The highest BCUT2D eigenvalue weighted by Gasteiger charge is 2.41. The minimum atomic E-state index is 0.202. The van der Waals surface area contributed by atoms with Crippen molar-refractivity contribution in [3.8, 4) is 0 Å². The van der Waals surface area contributed by atoms with Crippen molar-refractivity contribution in [2.75, 3.05) is 20.3 Å². The number of thiophene rings is 1. The van der Waals surface area contributed by atoms with Crippen LogP contribution in [-0.4, -0.2) is 49.3 Å². The van der Waals surface area contributed by atoms with Crippen LogP contribution in [0, 0.1) is 0 Å². The summed E-state index contributed by atoms with van der Waals surface area (Å²) in [7, 11) is 1.71. The molecule has 5 heteroatoms. The first-order valence-corrected chi connectivity index (χ1v) is 8.17. The monoisotopic (exact) mass is 295 g/mol. The summed E-state index contributed by atoms with van der Waals surface area (Å²) in [4.78, 5) is 14.5. The third-order valence-electron chi connectivity index (χ3n) is 4.24. The Morgan fingerprint density at radius 2 is 2.40 bits per heavy atom. The Bertz CT molecular complexity index is 448. The topological polar surface area (TPSA) is 38.8 Å². The first kappa shape index (κ1) is 14.0. The zero-order valence-electron chi connectivity index (χ0n) is 11.8. The number of ether oxygens (including phenoxy) is 2. The van der Waals surface area contributed by atoms with E-state index >= 15 is 0 Å². The largest absolute Gasteiger partial charge is 0.382 e. The number of hydrogen-bond donors (Lipinski definition) is 0. The average molecular weight is 295 g/mol. The Balaban J connectivity index is 1.58. The fourth-order valence-corrected chi connectivity index (χ4v) is 3.95. The van der Waals surface area contributed by atoms with E-state index in [1.54, 1.807) is 18.4 Å². The summed E-state index contributed by atoms with van der Waals surface area (Å²) < 4.78 is 11.2. The van der Waals surface area contributed by atoms with E-state index in [0.29, 0.717) is 13.0 Å². The smallest absolute Gasteiger partial charge is 0.227 e. The molecule has 4 nitrogen and oxygen atoms in total. The van der Waals surface area contributed by atoms with Crippen LogP contribution >= 0.6 is 11.3 Å². The molecule has 2 fully saturated rings. The molecule has 0 N–H and O–H groups in total. The van der Waals surface area contributed by atoms with Crippen LogP contribution in [0.1, 0.15) is 24.8 Å². The van der Waals surface area contributed by atoms with E-state index in [1.165, 1.54) is 0 Å². The van der Waals surface area contributed by atoms with E-state index in [9.17, 15) is 4.79 Å². The molecule has 2 aliphatic rings. The van der Waals surface area contributed by atoms with E-state index in [2.05, 4.69) is 5.38 Å². The van der Waals surface area contributed by atoms with Crippen LogP contribution < -0.4 is 0 Å². The molecule has 2 aliphatic heterocycles. The fourth-order valence-electron chi connectivity index (χ4n) is 3.29. The quantitative estimate of drug-likeness (QED) is 0.854. The van der Waals surface area contributed by atoms with E-state index in [1.807, 2.05) is 16.3 Å². The van der Waals surface area contributed by atoms with Gasteiger partial charge in [-0.05, 0) is 41.7 Å². The Hall–Kier alpha value is -0.910. The summed E-state index contributed by atoms with van der Waals surface area (Å²) in [6, 6.07) is 2.30. The Labute approximate surface area is 123 Å². The van der Waals surface area contributed by atoms with Crippen molar-refractivity contribution in [1.29, 1.82) is 0 Å². The van der Waals surface area contributed by atoms with Gasteiger partial charge in [-0.25, -0.2) is 0 Å². The van der Waals surface area contributed by atoms with Crippen molar-refractivity contribution in [2.45, 2.75) is 43.9 Å². The summed E-state index contributed by atoms with van der Waals surface area (Å²) in [6.45, 7) is 1.49. The third-order valence-corrected chi connectivity index (χ3v) is 4.98. The van der Waals surface area contributed by atoms with Crippen molar-refractivity contribution >= 4 is 17.2 Å². The molecule has 1 aromatic heterocycles. The molecule has 0 aliphatic carbocycles. The molecule has 0 unspecified atom stereocenters. The maximum absolute atomic E-state index is 12.4. The number of methoxy groups -OCH3 is 1. The van der Waals surface area contributed by atoms with Gasteiger partial charge in [0.25, 0.3) is 0 Å². The lowest BCUT2D eigenvalue weighted by Crippen LogP contribution is -2.46. The maximum atomic E-state index is 12.4. The van der Waals surface area contributed by atoms with E-state index in [-0.39, 0.29) is 24.2 Å². The van der Waals surface area contributed by atoms with Crippen LogP contribution in [0.2, 0.25) is 0 Å². The second-order valence-electron chi connectivity index (χ2n) is 5.58. The number of hydrogen-bond acceptors (Lipinski definition) is 4. The molecule has 1 aromatic rings. The van der Waals surface area contributed by atoms with Crippen LogP contribution in [-0.2, 0) is 20.7 Å². The number of rotatable bonds is 4. The molecular formula is C15H21NO3S. The number of amides is 1. The summed E-state index contributed by atoms with van der Waals surface area (Å²) in [5, 5.41) is 4.08. The van der Waals surface area contributed by atoms with Gasteiger partial charge in [0.15, 0.2) is 0 Å². The summed E-state index contributed by atoms with van der Waals surface area (Å²) in [6.07, 6.45) is 3.91. The molecule has 0 saturated carbocycles. The predicted molar refractivity (Wildman–Crippen MR) is 77.9 cm³/mol. The first-order chi connectivity index (χ1) is 9.78. The highest BCUT2D eigenvalue weighted by molar-refractivity contribution is 7.07. The van der Waals surface area contributed by atoms with Gasteiger partial charge in [0, 0.05) is 13.7 Å². The number of carbonyl (C=O) groups is 1. The van der Waals surface area contributed by atoms with Crippen LogP contribution in [0.3, 0.4) is 0 Å². The number of fused-ring (bicyclic) bond motifs is 1. The number of likely N-dealkylation sites (tertiary alicyclic amines) is 1. The van der Waals surface area contributed by atoms with Gasteiger partial charge in [-0.1, -0.05) is 0 Å². The van der Waals surface area contributed by atoms with Gasteiger partial charge in [-0.2, -0.15) is 11.3 Å². The molecule has 0 aromatic carbocycles. The molecule has 0 radical (unpaired) electrons. The summed E-state index contributed by atoms with van der Waals surface area (Å²) in [5.74, 6) is 0.240. The predicted octanol–water partition coefficient (Wildman–Crippen LogP) is 2.09. The van der Waals surface area contributed by atoms with Crippen molar-refractivity contribution in [3.05, 3.63) is 22.4 Å². The van der Waals surface area contributed by atoms with E-state index in [0.717, 1.165) is 31.4 Å². The zero-order valence-corrected chi connectivity index (χ0v) is 12.6. The minimum absolute atomic E-state index is 0.202. The molecule has 20 heavy (non-hydrogen) atoms. The highest BCUT2D eigenvalue weighted by atomic mass is 32.1. The molecular weight excluding hydrogens is 274 g/mol. The molecule has 110 valence electrons. The van der Waals surface area contributed by atoms with Crippen molar-refractivity contribution < 1.29 is 14.3 Å². The summed E-state index contributed by atoms with van der Waals surface area (Å²) in [5.41, 5.74) is 1.12. The highest BCUT2D eigenvalue weighted by Crippen LogP contribution is 2.32. The fraction of sp³-hybridized carbons (Fsp3) is 0.667. The van der Waals surface area contributed by atoms with Crippen molar-refractivity contribution in [1.82, 2.24) is 4.90 Å². The zero-order chi connectivity index (χ0) is 13.9. The average Bonchev–Trinajstić information content (AvgIpc) is 3.07. The minimum Gasteiger partial charge on any atom is -0.382 e. The standard InChI is InChI=1S/C15H21NO3S/c1-18-9-12-2-3-13-14(19-12)4-6-16(13)15(17)8-11-5-7-20-10-11/h5,7,10,12-14H,2-4,6,8-9H2,1H3/t12-,13+,14+/m1/s1. The van der Waals surface area contributed by atoms with Crippen LogP contribution in [0.5, 0.6) is 0 Å². The first-order valence-electron chi connectivity index (χ1n) is 7.23. The molecule has 1 amide bonds. The molecule has 2 saturated heterocycles.